The molecule has 1 unspecified atom stereocenters. The minimum absolute atomic E-state index is 0.489. The summed E-state index contributed by atoms with van der Waals surface area (Å²) in [6, 6.07) is 7.74. The van der Waals surface area contributed by atoms with Crippen molar-refractivity contribution >= 4 is 5.97 Å². The number of nitrogens with one attached hydrogen (secondary N) is 1. The van der Waals surface area contributed by atoms with Crippen molar-refractivity contribution in [3.05, 3.63) is 29.8 Å². The molecular formula is C14H19NO3. The van der Waals surface area contributed by atoms with Crippen LogP contribution in [0.3, 0.4) is 0 Å². The summed E-state index contributed by atoms with van der Waals surface area (Å²) in [6.45, 7) is 0.492. The fourth-order valence-electron chi connectivity index (χ4n) is 2.08. The molecule has 0 radical (unpaired) electrons. The van der Waals surface area contributed by atoms with Crippen LogP contribution in [-0.2, 0) is 4.79 Å². The van der Waals surface area contributed by atoms with E-state index in [9.17, 15) is 9.90 Å². The van der Waals surface area contributed by atoms with Gasteiger partial charge < -0.3 is 15.2 Å². The first-order valence-corrected chi connectivity index (χ1v) is 6.31. The number of methoxy groups -OCH3 is 1. The second-order valence-corrected chi connectivity index (χ2v) is 4.70. The summed E-state index contributed by atoms with van der Waals surface area (Å²) < 4.78 is 5.07. The Balaban J connectivity index is 2.00. The largest absolute Gasteiger partial charge is 0.497 e. The van der Waals surface area contributed by atoms with Crippen LogP contribution in [0.25, 0.3) is 0 Å². The highest BCUT2D eigenvalue weighted by molar-refractivity contribution is 5.76. The van der Waals surface area contributed by atoms with E-state index in [1.54, 1.807) is 19.2 Å². The number of carbonyl (C=O) groups is 1. The summed E-state index contributed by atoms with van der Waals surface area (Å²) in [6.07, 6.45) is 3.57. The third kappa shape index (κ3) is 3.01. The third-order valence-corrected chi connectivity index (χ3v) is 3.53. The minimum Gasteiger partial charge on any atom is -0.497 e. The maximum Gasteiger partial charge on any atom is 0.312 e. The van der Waals surface area contributed by atoms with E-state index in [1.165, 1.54) is 6.42 Å². The number of hydrogen-bond donors (Lipinski definition) is 2. The summed E-state index contributed by atoms with van der Waals surface area (Å²) in [7, 11) is 1.60. The predicted molar refractivity (Wildman–Crippen MR) is 69.0 cm³/mol. The molecule has 0 heterocycles. The van der Waals surface area contributed by atoms with Crippen LogP contribution in [0.15, 0.2) is 24.3 Å². The van der Waals surface area contributed by atoms with Crippen molar-refractivity contribution in [1.29, 1.82) is 0 Å². The lowest BCUT2D eigenvalue weighted by molar-refractivity contribution is -0.138. The van der Waals surface area contributed by atoms with E-state index in [2.05, 4.69) is 5.32 Å². The molecule has 0 amide bonds. The molecule has 4 heteroatoms. The molecular weight excluding hydrogens is 230 g/mol. The van der Waals surface area contributed by atoms with Crippen LogP contribution < -0.4 is 10.1 Å². The average molecular weight is 249 g/mol. The van der Waals surface area contributed by atoms with Gasteiger partial charge in [-0.2, -0.15) is 0 Å². The van der Waals surface area contributed by atoms with Crippen molar-refractivity contribution in [2.75, 3.05) is 13.7 Å². The topological polar surface area (TPSA) is 58.6 Å². The number of ether oxygens (including phenoxy) is 1. The van der Waals surface area contributed by atoms with Crippen LogP contribution in [0.2, 0.25) is 0 Å². The van der Waals surface area contributed by atoms with Gasteiger partial charge in [0.1, 0.15) is 5.75 Å². The first-order chi connectivity index (χ1) is 8.70. The standard InChI is InChI=1S/C14H19NO3/c1-18-12-7-5-10(6-8-12)13(14(16)17)9-15-11-3-2-4-11/h5-8,11,13,15H,2-4,9H2,1H3,(H,16,17). The van der Waals surface area contributed by atoms with Gasteiger partial charge >= 0.3 is 5.97 Å². The van der Waals surface area contributed by atoms with Crippen LogP contribution >= 0.6 is 0 Å². The van der Waals surface area contributed by atoms with Gasteiger partial charge in [-0.3, -0.25) is 4.79 Å². The molecule has 0 spiro atoms. The normalized spacial score (nSPS) is 16.9. The van der Waals surface area contributed by atoms with Crippen LogP contribution in [0, 0.1) is 0 Å². The zero-order chi connectivity index (χ0) is 13.0. The number of benzene rings is 1. The average Bonchev–Trinajstić information content (AvgIpc) is 2.32. The van der Waals surface area contributed by atoms with Crippen molar-refractivity contribution in [3.8, 4) is 5.75 Å². The SMILES string of the molecule is COc1ccc(C(CNC2CCC2)C(=O)O)cc1. The van der Waals surface area contributed by atoms with Crippen molar-refractivity contribution in [2.24, 2.45) is 0 Å². The van der Waals surface area contributed by atoms with Gasteiger partial charge in [-0.1, -0.05) is 18.6 Å². The Morgan fingerprint density at radius 2 is 2.11 bits per heavy atom. The minimum atomic E-state index is -0.785. The Morgan fingerprint density at radius 3 is 2.56 bits per heavy atom. The molecule has 1 aliphatic carbocycles. The first kappa shape index (κ1) is 12.9. The van der Waals surface area contributed by atoms with Crippen molar-refractivity contribution in [3.63, 3.8) is 0 Å². The Bertz CT molecular complexity index is 398. The van der Waals surface area contributed by atoms with E-state index in [1.807, 2.05) is 12.1 Å². The summed E-state index contributed by atoms with van der Waals surface area (Å²) in [4.78, 5) is 11.3. The maximum atomic E-state index is 11.3. The fraction of sp³-hybridized carbons (Fsp3) is 0.500. The van der Waals surface area contributed by atoms with Crippen LogP contribution in [0.4, 0.5) is 0 Å². The molecule has 1 fully saturated rings. The second kappa shape index (κ2) is 5.87. The summed E-state index contributed by atoms with van der Waals surface area (Å²) >= 11 is 0. The lowest BCUT2D eigenvalue weighted by Gasteiger charge is -2.28. The Labute approximate surface area is 107 Å². The molecule has 0 aliphatic heterocycles. The molecule has 0 saturated heterocycles. The quantitative estimate of drug-likeness (QED) is 0.809. The molecule has 18 heavy (non-hydrogen) atoms. The lowest BCUT2D eigenvalue weighted by Crippen LogP contribution is -2.39. The monoisotopic (exact) mass is 249 g/mol. The van der Waals surface area contributed by atoms with Crippen molar-refractivity contribution in [1.82, 2.24) is 5.32 Å². The highest BCUT2D eigenvalue weighted by atomic mass is 16.5. The molecule has 1 saturated carbocycles. The van der Waals surface area contributed by atoms with Gasteiger partial charge in [0.15, 0.2) is 0 Å². The molecule has 1 atom stereocenters. The second-order valence-electron chi connectivity index (χ2n) is 4.70. The van der Waals surface area contributed by atoms with Gasteiger partial charge in [-0.05, 0) is 30.5 Å². The molecule has 0 aromatic heterocycles. The summed E-state index contributed by atoms with van der Waals surface area (Å²) in [5.74, 6) is -0.529. The highest BCUT2D eigenvalue weighted by Gasteiger charge is 2.23. The number of carboxylic acid groups (broad SMARTS) is 1. The maximum absolute atomic E-state index is 11.3. The van der Waals surface area contributed by atoms with Gasteiger partial charge in [0.05, 0.1) is 13.0 Å². The Morgan fingerprint density at radius 1 is 1.44 bits per heavy atom. The number of aliphatic carboxylic acids is 1. The highest BCUT2D eigenvalue weighted by Crippen LogP contribution is 2.22. The number of hydrogen-bond acceptors (Lipinski definition) is 3. The van der Waals surface area contributed by atoms with Gasteiger partial charge in [0.25, 0.3) is 0 Å². The molecule has 4 nitrogen and oxygen atoms in total. The Kier molecular flexibility index (Phi) is 4.20. The van der Waals surface area contributed by atoms with E-state index in [-0.39, 0.29) is 0 Å². The molecule has 1 aromatic rings. The van der Waals surface area contributed by atoms with E-state index in [0.29, 0.717) is 12.6 Å². The zero-order valence-corrected chi connectivity index (χ0v) is 10.6. The molecule has 2 N–H and O–H groups in total. The zero-order valence-electron chi connectivity index (χ0n) is 10.6. The Hall–Kier alpha value is -1.55. The van der Waals surface area contributed by atoms with Crippen molar-refractivity contribution < 1.29 is 14.6 Å². The van der Waals surface area contributed by atoms with Crippen molar-refractivity contribution in [2.45, 2.75) is 31.2 Å². The van der Waals surface area contributed by atoms with E-state index in [0.717, 1.165) is 24.2 Å². The lowest BCUT2D eigenvalue weighted by atomic mass is 9.91. The van der Waals surface area contributed by atoms with E-state index >= 15 is 0 Å². The molecule has 98 valence electrons. The van der Waals surface area contributed by atoms with Gasteiger partial charge in [-0.15, -0.1) is 0 Å². The van der Waals surface area contributed by atoms with E-state index in [4.69, 9.17) is 4.74 Å². The number of rotatable bonds is 6. The fourth-order valence-corrected chi connectivity index (χ4v) is 2.08. The van der Waals surface area contributed by atoms with Crippen LogP contribution in [0.5, 0.6) is 5.75 Å². The van der Waals surface area contributed by atoms with Crippen LogP contribution in [0.1, 0.15) is 30.7 Å². The first-order valence-electron chi connectivity index (χ1n) is 6.31. The molecule has 2 rings (SSSR count). The number of carboxylic acids is 1. The summed E-state index contributed by atoms with van der Waals surface area (Å²) in [5, 5.41) is 12.6. The molecule has 0 bridgehead atoms. The van der Waals surface area contributed by atoms with Gasteiger partial charge in [0.2, 0.25) is 0 Å². The van der Waals surface area contributed by atoms with Gasteiger partial charge in [0, 0.05) is 12.6 Å². The van der Waals surface area contributed by atoms with Gasteiger partial charge in [-0.25, -0.2) is 0 Å². The third-order valence-electron chi connectivity index (χ3n) is 3.53. The molecule has 1 aromatic carbocycles. The summed E-state index contributed by atoms with van der Waals surface area (Å²) in [5.41, 5.74) is 0.815. The smallest absolute Gasteiger partial charge is 0.312 e. The van der Waals surface area contributed by atoms with Crippen LogP contribution in [-0.4, -0.2) is 30.8 Å². The van der Waals surface area contributed by atoms with E-state index < -0.39 is 11.9 Å². The molecule has 1 aliphatic rings. The predicted octanol–water partition coefficient (Wildman–Crippen LogP) is 2.01.